The summed E-state index contributed by atoms with van der Waals surface area (Å²) in [6.45, 7) is 2.01. The number of nitrogens with zero attached hydrogens (tertiary/aromatic N) is 2. The average molecular weight is 299 g/mol. The molecule has 1 aromatic carbocycles. The van der Waals surface area contributed by atoms with Crippen LogP contribution in [0.15, 0.2) is 36.7 Å². The van der Waals surface area contributed by atoms with Gasteiger partial charge in [0.2, 0.25) is 0 Å². The maximum atomic E-state index is 12.1. The number of ether oxygens (including phenoxy) is 1. The Hall–Kier alpha value is -2.47. The topological polar surface area (TPSA) is 64.1 Å². The molecule has 21 heavy (non-hydrogen) atoms. The molecule has 1 N–H and O–H groups in total. The number of anilines is 1. The minimum Gasteiger partial charge on any atom is -0.494 e. The molecule has 3 aromatic rings. The van der Waals surface area contributed by atoms with Gasteiger partial charge in [-0.1, -0.05) is 17.4 Å². The van der Waals surface area contributed by atoms with Gasteiger partial charge in [-0.3, -0.25) is 15.1 Å². The molecule has 6 heteroatoms. The SMILES string of the molecule is COc1ccc(C)c2sc(NC(=O)c3cccnc3)nc12. The molecule has 0 unspecified atom stereocenters. The summed E-state index contributed by atoms with van der Waals surface area (Å²) in [7, 11) is 1.61. The second kappa shape index (κ2) is 5.49. The lowest BCUT2D eigenvalue weighted by atomic mass is 10.2. The van der Waals surface area contributed by atoms with Gasteiger partial charge in [0, 0.05) is 12.4 Å². The summed E-state index contributed by atoms with van der Waals surface area (Å²) in [5.41, 5.74) is 2.37. The quantitative estimate of drug-likeness (QED) is 0.806. The third-order valence-electron chi connectivity index (χ3n) is 3.07. The minimum atomic E-state index is -0.223. The Morgan fingerprint density at radius 3 is 2.90 bits per heavy atom. The maximum absolute atomic E-state index is 12.1. The molecule has 0 radical (unpaired) electrons. The standard InChI is InChI=1S/C15H13N3O2S/c1-9-5-6-11(20-2)12-13(9)21-15(17-12)18-14(19)10-4-3-7-16-8-10/h3-8H,1-2H3,(H,17,18,19). The summed E-state index contributed by atoms with van der Waals surface area (Å²) < 4.78 is 6.32. The summed E-state index contributed by atoms with van der Waals surface area (Å²) >= 11 is 1.43. The second-order valence-corrected chi connectivity index (χ2v) is 5.48. The first kappa shape index (κ1) is 13.5. The molecule has 0 aliphatic heterocycles. The first-order chi connectivity index (χ1) is 10.2. The Morgan fingerprint density at radius 2 is 2.19 bits per heavy atom. The van der Waals surface area contributed by atoms with E-state index in [0.717, 1.165) is 15.8 Å². The van der Waals surface area contributed by atoms with Gasteiger partial charge in [-0.05, 0) is 30.7 Å². The molecule has 2 aromatic heterocycles. The second-order valence-electron chi connectivity index (χ2n) is 4.48. The van der Waals surface area contributed by atoms with Crippen molar-refractivity contribution < 1.29 is 9.53 Å². The number of carbonyl (C=O) groups is 1. The Morgan fingerprint density at radius 1 is 1.33 bits per heavy atom. The van der Waals surface area contributed by atoms with Crippen LogP contribution in [-0.4, -0.2) is 23.0 Å². The van der Waals surface area contributed by atoms with Crippen LogP contribution in [0, 0.1) is 6.92 Å². The molecule has 0 aliphatic carbocycles. The number of fused-ring (bicyclic) bond motifs is 1. The van der Waals surface area contributed by atoms with Crippen LogP contribution >= 0.6 is 11.3 Å². The van der Waals surface area contributed by atoms with Gasteiger partial charge < -0.3 is 4.74 Å². The van der Waals surface area contributed by atoms with Crippen molar-refractivity contribution in [1.82, 2.24) is 9.97 Å². The van der Waals surface area contributed by atoms with E-state index < -0.39 is 0 Å². The van der Waals surface area contributed by atoms with E-state index in [1.54, 1.807) is 25.4 Å². The van der Waals surface area contributed by atoms with Gasteiger partial charge in [0.15, 0.2) is 5.13 Å². The zero-order chi connectivity index (χ0) is 14.8. The Balaban J connectivity index is 1.95. The molecular formula is C15H13N3O2S. The van der Waals surface area contributed by atoms with Gasteiger partial charge in [-0.15, -0.1) is 0 Å². The molecule has 0 atom stereocenters. The molecule has 0 bridgehead atoms. The van der Waals surface area contributed by atoms with Gasteiger partial charge in [0.1, 0.15) is 11.3 Å². The van der Waals surface area contributed by atoms with Crippen molar-refractivity contribution in [3.05, 3.63) is 47.8 Å². The predicted molar refractivity (Wildman–Crippen MR) is 83.1 cm³/mol. The number of benzene rings is 1. The van der Waals surface area contributed by atoms with E-state index in [9.17, 15) is 4.79 Å². The third-order valence-corrected chi connectivity index (χ3v) is 4.17. The van der Waals surface area contributed by atoms with Gasteiger partial charge in [0.25, 0.3) is 5.91 Å². The van der Waals surface area contributed by atoms with Crippen LogP contribution in [-0.2, 0) is 0 Å². The monoisotopic (exact) mass is 299 g/mol. The number of rotatable bonds is 3. The molecule has 106 valence electrons. The first-order valence-electron chi connectivity index (χ1n) is 6.34. The molecule has 0 aliphatic rings. The van der Waals surface area contributed by atoms with Crippen molar-refractivity contribution in [1.29, 1.82) is 0 Å². The number of aryl methyl sites for hydroxylation is 1. The Kier molecular flexibility index (Phi) is 3.53. The largest absolute Gasteiger partial charge is 0.494 e. The molecule has 3 rings (SSSR count). The van der Waals surface area contributed by atoms with Crippen LogP contribution in [0.2, 0.25) is 0 Å². The zero-order valence-corrected chi connectivity index (χ0v) is 12.4. The summed E-state index contributed by atoms with van der Waals surface area (Å²) in [5, 5.41) is 3.35. The van der Waals surface area contributed by atoms with E-state index >= 15 is 0 Å². The summed E-state index contributed by atoms with van der Waals surface area (Å²) in [6, 6.07) is 7.29. The third kappa shape index (κ3) is 2.57. The van der Waals surface area contributed by atoms with Crippen LogP contribution in [0.3, 0.4) is 0 Å². The van der Waals surface area contributed by atoms with Crippen molar-refractivity contribution in [3.8, 4) is 5.75 Å². The molecule has 0 saturated heterocycles. The van der Waals surface area contributed by atoms with E-state index in [-0.39, 0.29) is 5.91 Å². The molecule has 0 spiro atoms. The molecule has 0 fully saturated rings. The van der Waals surface area contributed by atoms with Gasteiger partial charge in [0.05, 0.1) is 17.4 Å². The minimum absolute atomic E-state index is 0.223. The van der Waals surface area contributed by atoms with Gasteiger partial charge in [-0.2, -0.15) is 0 Å². The van der Waals surface area contributed by atoms with Crippen LogP contribution in [0.25, 0.3) is 10.2 Å². The summed E-state index contributed by atoms with van der Waals surface area (Å²) in [5.74, 6) is 0.479. The van der Waals surface area contributed by atoms with Crippen LogP contribution < -0.4 is 10.1 Å². The van der Waals surface area contributed by atoms with Gasteiger partial charge >= 0.3 is 0 Å². The number of aromatic nitrogens is 2. The van der Waals surface area contributed by atoms with Crippen LogP contribution in [0.5, 0.6) is 5.75 Å². The van der Waals surface area contributed by atoms with Crippen LogP contribution in [0.4, 0.5) is 5.13 Å². The van der Waals surface area contributed by atoms with E-state index in [1.807, 2.05) is 19.1 Å². The van der Waals surface area contributed by atoms with Gasteiger partial charge in [-0.25, -0.2) is 4.98 Å². The fraction of sp³-hybridized carbons (Fsp3) is 0.133. The highest BCUT2D eigenvalue weighted by Crippen LogP contribution is 2.34. The number of carbonyl (C=O) groups excluding carboxylic acids is 1. The Bertz CT molecular complexity index is 799. The van der Waals surface area contributed by atoms with E-state index in [0.29, 0.717) is 16.4 Å². The summed E-state index contributed by atoms with van der Waals surface area (Å²) in [6.07, 6.45) is 3.15. The normalized spacial score (nSPS) is 10.6. The molecular weight excluding hydrogens is 286 g/mol. The Labute approximate surface area is 125 Å². The van der Waals surface area contributed by atoms with Crippen molar-refractivity contribution >= 4 is 32.6 Å². The van der Waals surface area contributed by atoms with Crippen molar-refractivity contribution in [2.45, 2.75) is 6.92 Å². The highest BCUT2D eigenvalue weighted by atomic mass is 32.1. The number of amides is 1. The highest BCUT2D eigenvalue weighted by molar-refractivity contribution is 7.22. The van der Waals surface area contributed by atoms with Crippen molar-refractivity contribution in [2.24, 2.45) is 0 Å². The molecule has 5 nitrogen and oxygen atoms in total. The van der Waals surface area contributed by atoms with E-state index in [1.165, 1.54) is 17.5 Å². The lowest BCUT2D eigenvalue weighted by Crippen LogP contribution is -2.11. The number of thiazole rings is 1. The lowest BCUT2D eigenvalue weighted by molar-refractivity contribution is 0.102. The first-order valence-corrected chi connectivity index (χ1v) is 7.16. The zero-order valence-electron chi connectivity index (χ0n) is 11.6. The number of hydrogen-bond donors (Lipinski definition) is 1. The molecule has 2 heterocycles. The average Bonchev–Trinajstić information content (AvgIpc) is 2.93. The highest BCUT2D eigenvalue weighted by Gasteiger charge is 2.13. The maximum Gasteiger partial charge on any atom is 0.259 e. The number of hydrogen-bond acceptors (Lipinski definition) is 5. The fourth-order valence-electron chi connectivity index (χ4n) is 1.99. The smallest absolute Gasteiger partial charge is 0.259 e. The van der Waals surface area contributed by atoms with E-state index in [2.05, 4.69) is 15.3 Å². The summed E-state index contributed by atoms with van der Waals surface area (Å²) in [4.78, 5) is 20.5. The predicted octanol–water partition coefficient (Wildman–Crippen LogP) is 3.26. The van der Waals surface area contributed by atoms with Crippen LogP contribution in [0.1, 0.15) is 15.9 Å². The number of nitrogens with one attached hydrogen (secondary N) is 1. The number of methoxy groups -OCH3 is 1. The fourth-order valence-corrected chi connectivity index (χ4v) is 2.94. The molecule has 0 saturated carbocycles. The van der Waals surface area contributed by atoms with Crippen molar-refractivity contribution in [3.63, 3.8) is 0 Å². The lowest BCUT2D eigenvalue weighted by Gasteiger charge is -2.01. The van der Waals surface area contributed by atoms with Crippen molar-refractivity contribution in [2.75, 3.05) is 12.4 Å². The molecule has 1 amide bonds. The van der Waals surface area contributed by atoms with E-state index in [4.69, 9.17) is 4.74 Å². The number of pyridine rings is 1.